The topological polar surface area (TPSA) is 112 Å². The molecule has 0 bridgehead atoms. The standard InChI is InChI=1S/C18H17N5O4S/c1-13-19-20-18(28-12-14-7-3-2-4-8-14)22(13)21-17(24)11-27-16-10-6-5-9-15(16)23(25)26/h2-10H,11-12H2,1H3,(H,21,24). The molecule has 10 heteroatoms. The molecule has 1 heterocycles. The summed E-state index contributed by atoms with van der Waals surface area (Å²) in [5.41, 5.74) is 3.57. The number of aryl methyl sites for hydroxylation is 1. The lowest BCUT2D eigenvalue weighted by molar-refractivity contribution is -0.385. The first-order valence-electron chi connectivity index (χ1n) is 8.29. The zero-order valence-corrected chi connectivity index (χ0v) is 15.8. The summed E-state index contributed by atoms with van der Waals surface area (Å²) in [5, 5.41) is 19.6. The van der Waals surface area contributed by atoms with Crippen molar-refractivity contribution in [1.82, 2.24) is 14.9 Å². The summed E-state index contributed by atoms with van der Waals surface area (Å²) in [5.74, 6) is 0.723. The third-order valence-corrected chi connectivity index (χ3v) is 4.66. The van der Waals surface area contributed by atoms with Gasteiger partial charge in [-0.2, -0.15) is 0 Å². The van der Waals surface area contributed by atoms with Crippen molar-refractivity contribution in [3.05, 3.63) is 76.1 Å². The number of carbonyl (C=O) groups is 1. The second kappa shape index (κ2) is 9.00. The number of para-hydroxylation sites is 2. The fourth-order valence-corrected chi connectivity index (χ4v) is 3.21. The molecule has 0 aliphatic rings. The SMILES string of the molecule is Cc1nnc(SCc2ccccc2)n1NC(=O)COc1ccccc1[N+](=O)[O-]. The number of nitro benzene ring substituents is 1. The lowest BCUT2D eigenvalue weighted by Gasteiger charge is -2.11. The Kier molecular flexibility index (Phi) is 6.22. The molecule has 0 fully saturated rings. The van der Waals surface area contributed by atoms with Gasteiger partial charge in [-0.1, -0.05) is 54.2 Å². The van der Waals surface area contributed by atoms with Gasteiger partial charge in [-0.25, -0.2) is 4.68 Å². The van der Waals surface area contributed by atoms with E-state index >= 15 is 0 Å². The molecule has 0 radical (unpaired) electrons. The molecule has 0 saturated heterocycles. The zero-order chi connectivity index (χ0) is 19.9. The Bertz CT molecular complexity index is 977. The third-order valence-electron chi connectivity index (χ3n) is 3.66. The molecule has 2 aromatic carbocycles. The van der Waals surface area contributed by atoms with Crippen LogP contribution in [0.1, 0.15) is 11.4 Å². The summed E-state index contributed by atoms with van der Waals surface area (Å²) in [4.78, 5) is 22.7. The maximum atomic E-state index is 12.3. The smallest absolute Gasteiger partial charge is 0.310 e. The number of nitrogens with one attached hydrogen (secondary N) is 1. The molecule has 0 saturated carbocycles. The minimum atomic E-state index is -0.560. The highest BCUT2D eigenvalue weighted by Gasteiger charge is 2.17. The largest absolute Gasteiger partial charge is 0.477 e. The Balaban J connectivity index is 1.61. The van der Waals surface area contributed by atoms with E-state index in [0.29, 0.717) is 16.7 Å². The number of nitrogens with zero attached hydrogens (tertiary/aromatic N) is 4. The van der Waals surface area contributed by atoms with Crippen LogP contribution in [0, 0.1) is 17.0 Å². The first kappa shape index (κ1) is 19.4. The van der Waals surface area contributed by atoms with E-state index in [9.17, 15) is 14.9 Å². The molecule has 3 aromatic rings. The van der Waals surface area contributed by atoms with Crippen molar-refractivity contribution in [3.63, 3.8) is 0 Å². The summed E-state index contributed by atoms with van der Waals surface area (Å²) in [6, 6.07) is 15.7. The molecule has 0 unspecified atom stereocenters. The molecule has 0 aliphatic heterocycles. The molecule has 1 aromatic heterocycles. The average Bonchev–Trinajstić information content (AvgIpc) is 3.05. The third kappa shape index (κ3) is 4.86. The second-order valence-corrected chi connectivity index (χ2v) is 6.63. The molecule has 144 valence electrons. The summed E-state index contributed by atoms with van der Waals surface area (Å²) in [6.45, 7) is 1.33. The average molecular weight is 399 g/mol. The molecule has 3 rings (SSSR count). The van der Waals surface area contributed by atoms with Gasteiger partial charge in [0, 0.05) is 11.8 Å². The number of aromatic nitrogens is 3. The van der Waals surface area contributed by atoms with E-state index in [2.05, 4.69) is 15.6 Å². The van der Waals surface area contributed by atoms with E-state index < -0.39 is 10.8 Å². The van der Waals surface area contributed by atoms with Gasteiger partial charge in [-0.15, -0.1) is 10.2 Å². The fraction of sp³-hybridized carbons (Fsp3) is 0.167. The summed E-state index contributed by atoms with van der Waals surface area (Å²) in [6.07, 6.45) is 0. The van der Waals surface area contributed by atoms with Gasteiger partial charge in [0.25, 0.3) is 5.91 Å². The van der Waals surface area contributed by atoms with Gasteiger partial charge < -0.3 is 4.74 Å². The van der Waals surface area contributed by atoms with Crippen LogP contribution in [0.15, 0.2) is 59.8 Å². The van der Waals surface area contributed by atoms with Gasteiger partial charge in [-0.3, -0.25) is 20.3 Å². The lowest BCUT2D eigenvalue weighted by Crippen LogP contribution is -2.29. The van der Waals surface area contributed by atoms with Crippen molar-refractivity contribution in [2.24, 2.45) is 0 Å². The molecule has 0 aliphatic carbocycles. The Morgan fingerprint density at radius 2 is 1.89 bits per heavy atom. The van der Waals surface area contributed by atoms with Crippen LogP contribution in [0.4, 0.5) is 5.69 Å². The molecule has 1 N–H and O–H groups in total. The van der Waals surface area contributed by atoms with Crippen molar-refractivity contribution in [3.8, 4) is 5.75 Å². The van der Waals surface area contributed by atoms with Crippen LogP contribution in [0.25, 0.3) is 0 Å². The number of ether oxygens (including phenoxy) is 1. The number of thioether (sulfide) groups is 1. The normalized spacial score (nSPS) is 10.5. The number of amides is 1. The van der Waals surface area contributed by atoms with Crippen LogP contribution in [0.5, 0.6) is 5.75 Å². The number of hydrogen-bond donors (Lipinski definition) is 1. The van der Waals surface area contributed by atoms with E-state index in [-0.39, 0.29) is 18.0 Å². The van der Waals surface area contributed by atoms with Crippen molar-refractivity contribution >= 4 is 23.4 Å². The highest BCUT2D eigenvalue weighted by Crippen LogP contribution is 2.25. The quantitative estimate of drug-likeness (QED) is 0.352. The van der Waals surface area contributed by atoms with Crippen LogP contribution in [-0.4, -0.2) is 32.3 Å². The van der Waals surface area contributed by atoms with Crippen LogP contribution in [-0.2, 0) is 10.5 Å². The number of carbonyl (C=O) groups excluding carboxylic acids is 1. The zero-order valence-electron chi connectivity index (χ0n) is 14.9. The van der Waals surface area contributed by atoms with Crippen LogP contribution >= 0.6 is 11.8 Å². The first-order valence-corrected chi connectivity index (χ1v) is 9.28. The highest BCUT2D eigenvalue weighted by molar-refractivity contribution is 7.98. The Morgan fingerprint density at radius 1 is 1.18 bits per heavy atom. The summed E-state index contributed by atoms with van der Waals surface area (Å²) >= 11 is 1.43. The predicted octanol–water partition coefficient (Wildman–Crippen LogP) is 2.94. The Morgan fingerprint density at radius 3 is 2.64 bits per heavy atom. The van der Waals surface area contributed by atoms with Gasteiger partial charge in [-0.05, 0) is 18.6 Å². The van der Waals surface area contributed by atoms with E-state index in [1.54, 1.807) is 13.0 Å². The summed E-state index contributed by atoms with van der Waals surface area (Å²) in [7, 11) is 0. The monoisotopic (exact) mass is 399 g/mol. The van der Waals surface area contributed by atoms with E-state index in [0.717, 1.165) is 5.56 Å². The van der Waals surface area contributed by atoms with Gasteiger partial charge >= 0.3 is 5.69 Å². The molecular formula is C18H17N5O4S. The number of benzene rings is 2. The second-order valence-electron chi connectivity index (χ2n) is 5.69. The Labute approximate surface area is 164 Å². The molecule has 0 atom stereocenters. The maximum Gasteiger partial charge on any atom is 0.310 e. The maximum absolute atomic E-state index is 12.3. The van der Waals surface area contributed by atoms with Crippen LogP contribution in [0.2, 0.25) is 0 Å². The van der Waals surface area contributed by atoms with Crippen molar-refractivity contribution < 1.29 is 14.5 Å². The van der Waals surface area contributed by atoms with Crippen molar-refractivity contribution in [2.75, 3.05) is 12.0 Å². The predicted molar refractivity (Wildman–Crippen MR) is 104 cm³/mol. The Hall–Kier alpha value is -3.40. The van der Waals surface area contributed by atoms with Gasteiger partial charge in [0.2, 0.25) is 5.16 Å². The molecule has 9 nitrogen and oxygen atoms in total. The van der Waals surface area contributed by atoms with Crippen molar-refractivity contribution in [2.45, 2.75) is 17.8 Å². The van der Waals surface area contributed by atoms with E-state index in [4.69, 9.17) is 4.74 Å². The molecule has 0 spiro atoms. The van der Waals surface area contributed by atoms with Crippen LogP contribution in [0.3, 0.4) is 0 Å². The van der Waals surface area contributed by atoms with Gasteiger partial charge in [0.05, 0.1) is 4.92 Å². The minimum Gasteiger partial charge on any atom is -0.477 e. The molecular weight excluding hydrogens is 382 g/mol. The minimum absolute atomic E-state index is 0.0294. The van der Waals surface area contributed by atoms with Crippen molar-refractivity contribution in [1.29, 1.82) is 0 Å². The molecule has 1 amide bonds. The first-order chi connectivity index (χ1) is 13.5. The fourth-order valence-electron chi connectivity index (χ4n) is 2.32. The lowest BCUT2D eigenvalue weighted by atomic mass is 10.2. The number of rotatable bonds is 8. The summed E-state index contributed by atoms with van der Waals surface area (Å²) < 4.78 is 6.77. The highest BCUT2D eigenvalue weighted by atomic mass is 32.2. The van der Waals surface area contributed by atoms with Gasteiger partial charge in [0.15, 0.2) is 12.4 Å². The molecule has 28 heavy (non-hydrogen) atoms. The van der Waals surface area contributed by atoms with Crippen LogP contribution < -0.4 is 10.2 Å². The number of nitro groups is 1. The van der Waals surface area contributed by atoms with E-state index in [1.807, 2.05) is 30.3 Å². The number of hydrogen-bond acceptors (Lipinski definition) is 7. The van der Waals surface area contributed by atoms with E-state index in [1.165, 1.54) is 34.6 Å². The van der Waals surface area contributed by atoms with Gasteiger partial charge in [0.1, 0.15) is 5.82 Å².